The number of halogens is 3. The number of alkyl halides is 3. The van der Waals surface area contributed by atoms with Crippen LogP contribution < -0.4 is 20.3 Å². The third-order valence-corrected chi connectivity index (χ3v) is 5.54. The van der Waals surface area contributed by atoms with E-state index in [0.717, 1.165) is 0 Å². The molecule has 2 heterocycles. The number of nitrogens with one attached hydrogen (secondary N) is 2. The first kappa shape index (κ1) is 21.0. The van der Waals surface area contributed by atoms with Gasteiger partial charge in [0.2, 0.25) is 5.91 Å². The average molecular weight is 433 g/mol. The van der Waals surface area contributed by atoms with Crippen molar-refractivity contribution < 1.29 is 27.5 Å². The molecule has 2 amide bonds. The molecule has 0 radical (unpaired) electrons. The molecule has 0 aliphatic carbocycles. The summed E-state index contributed by atoms with van der Waals surface area (Å²) in [6, 6.07) is 11.1. The number of fused-ring (bicyclic) bond motifs is 5. The summed E-state index contributed by atoms with van der Waals surface area (Å²) in [7, 11) is 0. The Labute approximate surface area is 177 Å². The molecule has 164 valence electrons. The van der Waals surface area contributed by atoms with Gasteiger partial charge >= 0.3 is 12.1 Å². The van der Waals surface area contributed by atoms with Crippen LogP contribution in [0.1, 0.15) is 37.8 Å². The number of ether oxygens (including phenoxy) is 1. The molecule has 31 heavy (non-hydrogen) atoms. The van der Waals surface area contributed by atoms with Crippen LogP contribution in [0.3, 0.4) is 0 Å². The zero-order valence-corrected chi connectivity index (χ0v) is 16.8. The summed E-state index contributed by atoms with van der Waals surface area (Å²) in [5.74, 6) is -1.04. The molecule has 6 nitrogen and oxygen atoms in total. The maximum atomic E-state index is 13.0. The highest BCUT2D eigenvalue weighted by Gasteiger charge is 2.44. The molecule has 1 saturated heterocycles. The Morgan fingerprint density at radius 3 is 2.68 bits per heavy atom. The highest BCUT2D eigenvalue weighted by molar-refractivity contribution is 5.91. The van der Waals surface area contributed by atoms with Gasteiger partial charge in [0.1, 0.15) is 5.75 Å². The maximum Gasteiger partial charge on any atom is 0.471 e. The van der Waals surface area contributed by atoms with E-state index in [2.05, 4.69) is 10.6 Å². The van der Waals surface area contributed by atoms with Crippen molar-refractivity contribution in [2.75, 3.05) is 16.8 Å². The Morgan fingerprint density at radius 1 is 1.16 bits per heavy atom. The third kappa shape index (κ3) is 4.17. The molecule has 2 aromatic rings. The van der Waals surface area contributed by atoms with Crippen LogP contribution in [0.2, 0.25) is 0 Å². The molecular formula is C22H22F3N3O3. The van der Waals surface area contributed by atoms with Gasteiger partial charge in [-0.1, -0.05) is 25.1 Å². The number of carbonyl (C=O) groups is 2. The first-order valence-corrected chi connectivity index (χ1v) is 10.1. The highest BCUT2D eigenvalue weighted by Crippen LogP contribution is 2.48. The van der Waals surface area contributed by atoms with Crippen molar-refractivity contribution in [1.29, 1.82) is 0 Å². The van der Waals surface area contributed by atoms with E-state index in [-0.39, 0.29) is 5.91 Å². The van der Waals surface area contributed by atoms with Crippen molar-refractivity contribution in [2.45, 2.75) is 44.4 Å². The number of carbonyl (C=O) groups excluding carboxylic acids is 2. The highest BCUT2D eigenvalue weighted by atomic mass is 19.4. The van der Waals surface area contributed by atoms with E-state index >= 15 is 0 Å². The molecular weight excluding hydrogens is 411 g/mol. The zero-order chi connectivity index (χ0) is 22.2. The SMILES string of the molecule is CCC(=O)Nc1ccc2c(c1)N1CCC[C@@H](NC(=O)C(F)(F)F)[C@H]1c1ccccc1O2. The van der Waals surface area contributed by atoms with E-state index in [1.807, 2.05) is 4.90 Å². The summed E-state index contributed by atoms with van der Waals surface area (Å²) < 4.78 is 45.0. The summed E-state index contributed by atoms with van der Waals surface area (Å²) in [4.78, 5) is 25.5. The molecule has 2 aromatic carbocycles. The number of nitrogens with zero attached hydrogens (tertiary/aromatic N) is 1. The van der Waals surface area contributed by atoms with E-state index < -0.39 is 24.2 Å². The van der Waals surface area contributed by atoms with Crippen LogP contribution in [0.4, 0.5) is 24.5 Å². The number of hydrogen-bond acceptors (Lipinski definition) is 4. The molecule has 1 fully saturated rings. The van der Waals surface area contributed by atoms with Crippen LogP contribution >= 0.6 is 0 Å². The summed E-state index contributed by atoms with van der Waals surface area (Å²) in [6.07, 6.45) is -3.65. The van der Waals surface area contributed by atoms with Crippen molar-refractivity contribution >= 4 is 23.2 Å². The minimum absolute atomic E-state index is 0.150. The predicted molar refractivity (Wildman–Crippen MR) is 109 cm³/mol. The molecule has 0 saturated carbocycles. The first-order chi connectivity index (χ1) is 14.8. The molecule has 9 heteroatoms. The van der Waals surface area contributed by atoms with Crippen LogP contribution in [-0.4, -0.2) is 30.6 Å². The smallest absolute Gasteiger partial charge is 0.455 e. The standard InChI is InChI=1S/C22H22F3N3O3/c1-2-19(29)26-13-9-10-18-16(12-13)28-11-5-7-15(27-21(30)22(23,24)25)20(28)14-6-3-4-8-17(14)31-18/h3-4,6,8-10,12,15,20H,2,5,7,11H2,1H3,(H,26,29)(H,27,30)/t15-,20-/m1/s1. The quantitative estimate of drug-likeness (QED) is 0.746. The van der Waals surface area contributed by atoms with Gasteiger partial charge in [0.25, 0.3) is 0 Å². The van der Waals surface area contributed by atoms with Gasteiger partial charge in [0, 0.05) is 24.2 Å². The van der Waals surface area contributed by atoms with Gasteiger partial charge in [-0.25, -0.2) is 0 Å². The zero-order valence-electron chi connectivity index (χ0n) is 16.8. The van der Waals surface area contributed by atoms with Crippen molar-refractivity contribution in [2.24, 2.45) is 0 Å². The monoisotopic (exact) mass is 433 g/mol. The molecule has 0 bridgehead atoms. The Bertz CT molecular complexity index is 1010. The fourth-order valence-electron chi connectivity index (χ4n) is 4.14. The lowest BCUT2D eigenvalue weighted by Crippen LogP contribution is -2.52. The van der Waals surface area contributed by atoms with Crippen LogP contribution in [-0.2, 0) is 9.59 Å². The first-order valence-electron chi connectivity index (χ1n) is 10.1. The Hall–Kier alpha value is -3.23. The molecule has 0 unspecified atom stereocenters. The number of benzene rings is 2. The second kappa shape index (κ2) is 8.13. The van der Waals surface area contributed by atoms with E-state index in [0.29, 0.717) is 54.2 Å². The molecule has 4 rings (SSSR count). The van der Waals surface area contributed by atoms with Crippen molar-refractivity contribution in [3.63, 3.8) is 0 Å². The number of amides is 2. The molecule has 2 aliphatic heterocycles. The lowest BCUT2D eigenvalue weighted by Gasteiger charge is -2.42. The van der Waals surface area contributed by atoms with Crippen molar-refractivity contribution in [3.05, 3.63) is 48.0 Å². The molecule has 2 aliphatic rings. The number of anilines is 2. The Kier molecular flexibility index (Phi) is 5.51. The van der Waals surface area contributed by atoms with E-state index in [1.165, 1.54) is 0 Å². The number of para-hydroxylation sites is 1. The fourth-order valence-corrected chi connectivity index (χ4v) is 4.14. The van der Waals surface area contributed by atoms with Gasteiger partial charge < -0.3 is 20.3 Å². The van der Waals surface area contributed by atoms with Crippen LogP contribution in [0.15, 0.2) is 42.5 Å². The van der Waals surface area contributed by atoms with Gasteiger partial charge in [-0.3, -0.25) is 9.59 Å². The summed E-state index contributed by atoms with van der Waals surface area (Å²) in [6.45, 7) is 2.31. The van der Waals surface area contributed by atoms with Crippen LogP contribution in [0.5, 0.6) is 11.5 Å². The molecule has 2 atom stereocenters. The molecule has 2 N–H and O–H groups in total. The van der Waals surface area contributed by atoms with Gasteiger partial charge in [-0.15, -0.1) is 0 Å². The van der Waals surface area contributed by atoms with Gasteiger partial charge in [-0.05, 0) is 37.1 Å². The summed E-state index contributed by atoms with van der Waals surface area (Å²) in [5.41, 5.74) is 1.92. The topological polar surface area (TPSA) is 70.7 Å². The predicted octanol–water partition coefficient (Wildman–Crippen LogP) is 4.53. The van der Waals surface area contributed by atoms with Crippen LogP contribution in [0.25, 0.3) is 0 Å². The van der Waals surface area contributed by atoms with Gasteiger partial charge in [0.15, 0.2) is 5.75 Å². The average Bonchev–Trinajstić information content (AvgIpc) is 2.88. The number of piperidine rings is 1. The normalized spacial score (nSPS) is 19.8. The Morgan fingerprint density at radius 2 is 1.94 bits per heavy atom. The van der Waals surface area contributed by atoms with E-state index in [1.54, 1.807) is 49.4 Å². The fraction of sp³-hybridized carbons (Fsp3) is 0.364. The number of rotatable bonds is 3. The maximum absolute atomic E-state index is 13.0. The second-order valence-electron chi connectivity index (χ2n) is 7.58. The third-order valence-electron chi connectivity index (χ3n) is 5.54. The molecule has 0 spiro atoms. The lowest BCUT2D eigenvalue weighted by molar-refractivity contribution is -0.174. The van der Waals surface area contributed by atoms with E-state index in [9.17, 15) is 22.8 Å². The Balaban J connectivity index is 1.77. The van der Waals surface area contributed by atoms with Crippen LogP contribution in [0, 0.1) is 0 Å². The largest absolute Gasteiger partial charge is 0.471 e. The van der Waals surface area contributed by atoms with E-state index in [4.69, 9.17) is 4.74 Å². The number of hydrogen-bond donors (Lipinski definition) is 2. The minimum Gasteiger partial charge on any atom is -0.455 e. The van der Waals surface area contributed by atoms with Gasteiger partial charge in [-0.2, -0.15) is 13.2 Å². The molecule has 0 aromatic heterocycles. The van der Waals surface area contributed by atoms with Crippen molar-refractivity contribution in [3.8, 4) is 11.5 Å². The van der Waals surface area contributed by atoms with Gasteiger partial charge in [0.05, 0.1) is 17.8 Å². The van der Waals surface area contributed by atoms with Crippen molar-refractivity contribution in [1.82, 2.24) is 5.32 Å². The lowest BCUT2D eigenvalue weighted by atomic mass is 9.89. The second-order valence-corrected chi connectivity index (χ2v) is 7.58. The minimum atomic E-state index is -4.96. The summed E-state index contributed by atoms with van der Waals surface area (Å²) >= 11 is 0. The summed E-state index contributed by atoms with van der Waals surface area (Å²) in [5, 5.41) is 4.99.